The van der Waals surface area contributed by atoms with E-state index in [0.29, 0.717) is 18.6 Å². The molecule has 1 saturated heterocycles. The van der Waals surface area contributed by atoms with Gasteiger partial charge in [0.15, 0.2) is 0 Å². The highest BCUT2D eigenvalue weighted by Gasteiger charge is 2.41. The maximum atomic E-state index is 15.1. The number of alkyl halides is 2. The van der Waals surface area contributed by atoms with Crippen LogP contribution in [0.15, 0.2) is 83.8 Å². The van der Waals surface area contributed by atoms with E-state index < -0.39 is 12.0 Å². The number of ether oxygens (including phenoxy) is 1. The van der Waals surface area contributed by atoms with Crippen molar-refractivity contribution in [1.29, 1.82) is 0 Å². The summed E-state index contributed by atoms with van der Waals surface area (Å²) in [6.07, 6.45) is 8.91. The van der Waals surface area contributed by atoms with Crippen molar-refractivity contribution in [3.05, 3.63) is 84.4 Å². The van der Waals surface area contributed by atoms with E-state index in [9.17, 15) is 4.79 Å². The van der Waals surface area contributed by atoms with Gasteiger partial charge in [-0.15, -0.1) is 0 Å². The lowest BCUT2D eigenvalue weighted by molar-refractivity contribution is -0.119. The number of nitrogens with zero attached hydrogens (tertiary/aromatic N) is 1. The lowest BCUT2D eigenvalue weighted by Gasteiger charge is -2.25. The summed E-state index contributed by atoms with van der Waals surface area (Å²) in [6, 6.07) is 21.7. The molecule has 1 atom stereocenters. The number of benzene rings is 3. The van der Waals surface area contributed by atoms with Crippen molar-refractivity contribution in [2.75, 3.05) is 26.7 Å². The molecule has 1 saturated carbocycles. The highest BCUT2D eigenvalue weighted by Crippen LogP contribution is 2.34. The second kappa shape index (κ2) is 16.2. The zero-order chi connectivity index (χ0) is 29.8. The third-order valence-corrected chi connectivity index (χ3v) is 8.88. The minimum absolute atomic E-state index is 0.205. The average molecular weight is 596 g/mol. The van der Waals surface area contributed by atoms with Crippen molar-refractivity contribution in [3.8, 4) is 16.9 Å². The van der Waals surface area contributed by atoms with Gasteiger partial charge in [-0.25, -0.2) is 4.72 Å². The van der Waals surface area contributed by atoms with Gasteiger partial charge < -0.3 is 20.2 Å². The summed E-state index contributed by atoms with van der Waals surface area (Å²) in [5.41, 5.74) is 7.26. The van der Waals surface area contributed by atoms with E-state index in [1.54, 1.807) is 12.1 Å². The largest absolute Gasteiger partial charge is 0.493 e. The van der Waals surface area contributed by atoms with Crippen molar-refractivity contribution < 1.29 is 18.3 Å². The van der Waals surface area contributed by atoms with Crippen molar-refractivity contribution in [3.63, 3.8) is 0 Å². The predicted octanol–water partition coefficient (Wildman–Crippen LogP) is 7.31. The zero-order valence-electron chi connectivity index (χ0n) is 24.4. The SMILES string of the molecule is CN1CCC(N)CC1.O=CC(NSc1ccc(OCC2CCCCC2)cc1)C(F)(F)c1ccc(-c2ccccc2)cc1. The van der Waals surface area contributed by atoms with Crippen LogP contribution in [0.4, 0.5) is 8.78 Å². The van der Waals surface area contributed by atoms with Crippen LogP contribution < -0.4 is 15.2 Å². The number of halogens is 2. The average Bonchev–Trinajstić information content (AvgIpc) is 3.03. The zero-order valence-corrected chi connectivity index (χ0v) is 25.2. The van der Waals surface area contributed by atoms with E-state index in [2.05, 4.69) is 16.7 Å². The second-order valence-corrected chi connectivity index (χ2v) is 12.2. The van der Waals surface area contributed by atoms with Crippen LogP contribution in [0.1, 0.15) is 50.5 Å². The highest BCUT2D eigenvalue weighted by molar-refractivity contribution is 7.97. The monoisotopic (exact) mass is 595 g/mol. The molecule has 1 heterocycles. The summed E-state index contributed by atoms with van der Waals surface area (Å²) in [6.45, 7) is 3.08. The highest BCUT2D eigenvalue weighted by atomic mass is 32.2. The lowest BCUT2D eigenvalue weighted by Crippen LogP contribution is -2.41. The number of carbonyl (C=O) groups excluding carboxylic acids is 1. The van der Waals surface area contributed by atoms with E-state index in [0.717, 1.165) is 33.7 Å². The number of hydrogen-bond acceptors (Lipinski definition) is 6. The van der Waals surface area contributed by atoms with Gasteiger partial charge in [-0.05, 0) is 99.1 Å². The molecule has 0 radical (unpaired) electrons. The molecular weight excluding hydrogens is 552 g/mol. The molecule has 3 N–H and O–H groups in total. The number of likely N-dealkylation sites (tertiary alicyclic amines) is 1. The Morgan fingerprint density at radius 3 is 2.14 bits per heavy atom. The molecule has 2 fully saturated rings. The molecule has 0 bridgehead atoms. The maximum absolute atomic E-state index is 15.1. The minimum Gasteiger partial charge on any atom is -0.493 e. The third kappa shape index (κ3) is 9.63. The molecule has 8 heteroatoms. The number of rotatable bonds is 10. The first-order chi connectivity index (χ1) is 20.3. The van der Waals surface area contributed by atoms with Crippen LogP contribution in [0.25, 0.3) is 11.1 Å². The number of carbonyl (C=O) groups is 1. The molecule has 0 aromatic heterocycles. The standard InChI is InChI=1S/C28H29F2NO2S.C6H14N2/c29-28(30,24-13-11-23(12-14-24)22-9-5-2-6-10-22)27(19-32)31-34-26-17-15-25(16-18-26)33-20-21-7-3-1-4-8-21;1-8-4-2-6(7)3-5-8/h2,5-6,9-19,21,27,31H,1,3-4,7-8,20H2;6H,2-5,7H2,1H3. The van der Waals surface area contributed by atoms with Gasteiger partial charge in [0, 0.05) is 16.5 Å². The predicted molar refractivity (Wildman–Crippen MR) is 168 cm³/mol. The van der Waals surface area contributed by atoms with Crippen molar-refractivity contribution in [1.82, 2.24) is 9.62 Å². The number of nitrogens with two attached hydrogens (primary N) is 1. The molecule has 1 unspecified atom stereocenters. The normalized spacial score (nSPS) is 17.6. The lowest BCUT2D eigenvalue weighted by atomic mass is 9.90. The van der Waals surface area contributed by atoms with E-state index in [1.165, 1.54) is 70.2 Å². The van der Waals surface area contributed by atoms with Gasteiger partial charge in [-0.2, -0.15) is 8.78 Å². The molecule has 5 nitrogen and oxygen atoms in total. The van der Waals surface area contributed by atoms with Crippen molar-refractivity contribution in [2.45, 2.75) is 67.8 Å². The number of hydrogen-bond donors (Lipinski definition) is 2. The van der Waals surface area contributed by atoms with E-state index >= 15 is 8.78 Å². The molecule has 1 aliphatic heterocycles. The summed E-state index contributed by atoms with van der Waals surface area (Å²) in [4.78, 5) is 14.6. The van der Waals surface area contributed by atoms with Crippen LogP contribution in [0, 0.1) is 5.92 Å². The Hall–Kier alpha value is -2.78. The Kier molecular flexibility index (Phi) is 12.4. The Balaban J connectivity index is 0.000000437. The maximum Gasteiger partial charge on any atom is 0.295 e. The van der Waals surface area contributed by atoms with Gasteiger partial charge in [0.25, 0.3) is 5.92 Å². The van der Waals surface area contributed by atoms with Crippen molar-refractivity contribution in [2.24, 2.45) is 11.7 Å². The van der Waals surface area contributed by atoms with Gasteiger partial charge in [0.1, 0.15) is 18.1 Å². The fourth-order valence-electron chi connectivity index (χ4n) is 5.21. The molecule has 3 aromatic carbocycles. The van der Waals surface area contributed by atoms with Gasteiger partial charge in [0.2, 0.25) is 0 Å². The van der Waals surface area contributed by atoms with Gasteiger partial charge in [0.05, 0.1) is 6.61 Å². The van der Waals surface area contributed by atoms with E-state index in [-0.39, 0.29) is 11.8 Å². The Labute approximate surface area is 253 Å². The summed E-state index contributed by atoms with van der Waals surface area (Å²) in [7, 11) is 2.14. The van der Waals surface area contributed by atoms with Crippen LogP contribution in [-0.2, 0) is 10.7 Å². The van der Waals surface area contributed by atoms with Crippen molar-refractivity contribution >= 4 is 18.2 Å². The Morgan fingerprint density at radius 1 is 0.929 bits per heavy atom. The molecule has 2 aliphatic rings. The first kappa shape index (κ1) is 32.1. The summed E-state index contributed by atoms with van der Waals surface area (Å²) >= 11 is 1.01. The quantitative estimate of drug-likeness (QED) is 0.189. The molecule has 42 heavy (non-hydrogen) atoms. The topological polar surface area (TPSA) is 67.6 Å². The van der Waals surface area contributed by atoms with Crippen LogP contribution in [0.3, 0.4) is 0 Å². The minimum atomic E-state index is -3.35. The number of nitrogens with one attached hydrogen (secondary N) is 1. The van der Waals surface area contributed by atoms with Crippen LogP contribution in [0.2, 0.25) is 0 Å². The van der Waals surface area contributed by atoms with E-state index in [4.69, 9.17) is 10.5 Å². The molecule has 3 aromatic rings. The first-order valence-electron chi connectivity index (χ1n) is 14.9. The molecule has 226 valence electrons. The number of aldehydes is 1. The summed E-state index contributed by atoms with van der Waals surface area (Å²) < 4.78 is 38.7. The van der Waals surface area contributed by atoms with Gasteiger partial charge >= 0.3 is 0 Å². The molecule has 1 aliphatic carbocycles. The second-order valence-electron chi connectivity index (χ2n) is 11.3. The molecular formula is C34H43F2N3O2S. The first-order valence-corrected chi connectivity index (χ1v) is 15.7. The summed E-state index contributed by atoms with van der Waals surface area (Å²) in [5, 5.41) is 0. The fourth-order valence-corrected chi connectivity index (χ4v) is 5.95. The molecule has 0 amide bonds. The third-order valence-electron chi connectivity index (χ3n) is 8.00. The van der Waals surface area contributed by atoms with Gasteiger partial charge in [-0.3, -0.25) is 0 Å². The number of piperidine rings is 1. The summed E-state index contributed by atoms with van der Waals surface area (Å²) in [5.74, 6) is -1.97. The Morgan fingerprint density at radius 2 is 1.55 bits per heavy atom. The van der Waals surface area contributed by atoms with Crippen LogP contribution in [0.5, 0.6) is 5.75 Å². The van der Waals surface area contributed by atoms with Gasteiger partial charge in [-0.1, -0.05) is 73.9 Å². The fraction of sp³-hybridized carbons (Fsp3) is 0.441. The van der Waals surface area contributed by atoms with Crippen LogP contribution >= 0.6 is 11.9 Å². The Bertz CT molecular complexity index is 1190. The molecule has 0 spiro atoms. The molecule has 5 rings (SSSR count). The van der Waals surface area contributed by atoms with E-state index in [1.807, 2.05) is 54.6 Å². The smallest absolute Gasteiger partial charge is 0.295 e. The van der Waals surface area contributed by atoms with Crippen LogP contribution in [-0.4, -0.2) is 50.0 Å².